The van der Waals surface area contributed by atoms with Gasteiger partial charge in [0.25, 0.3) is 0 Å². The van der Waals surface area contributed by atoms with E-state index >= 15 is 0 Å². The molecule has 1 saturated heterocycles. The zero-order valence-corrected chi connectivity index (χ0v) is 24.2. The first-order valence-electron chi connectivity index (χ1n) is 14.1. The minimum Gasteiger partial charge on any atom is -0.339 e. The first-order valence-corrected chi connectivity index (χ1v) is 14.5. The van der Waals surface area contributed by atoms with E-state index in [1.54, 1.807) is 18.2 Å². The van der Waals surface area contributed by atoms with Crippen LogP contribution in [0.4, 0.5) is 4.39 Å². The lowest BCUT2D eigenvalue weighted by Gasteiger charge is -2.41. The second-order valence-corrected chi connectivity index (χ2v) is 11.1. The molecule has 7 heteroatoms. The molecule has 38 heavy (non-hydrogen) atoms. The van der Waals surface area contributed by atoms with E-state index in [1.807, 2.05) is 13.8 Å². The van der Waals surface area contributed by atoms with Gasteiger partial charge in [-0.1, -0.05) is 43.5 Å². The summed E-state index contributed by atoms with van der Waals surface area (Å²) < 4.78 is 13.3. The number of amides is 1. The molecule has 0 spiro atoms. The summed E-state index contributed by atoms with van der Waals surface area (Å²) >= 11 is 6.02. The predicted molar refractivity (Wildman–Crippen MR) is 152 cm³/mol. The van der Waals surface area contributed by atoms with Crippen molar-refractivity contribution >= 4 is 23.3 Å². The van der Waals surface area contributed by atoms with Crippen molar-refractivity contribution in [2.75, 3.05) is 19.6 Å². The number of carbonyl (C=O) groups excluding carboxylic acids is 2. The van der Waals surface area contributed by atoms with Crippen molar-refractivity contribution in [2.45, 2.75) is 97.6 Å². The van der Waals surface area contributed by atoms with Crippen molar-refractivity contribution in [3.8, 4) is 0 Å². The molecule has 0 N–H and O–H groups in total. The van der Waals surface area contributed by atoms with Crippen LogP contribution in [-0.2, 0) is 11.2 Å². The van der Waals surface area contributed by atoms with Gasteiger partial charge in [-0.05, 0) is 82.2 Å². The Hall–Kier alpha value is -2.31. The number of hydrogen-bond acceptors (Lipinski definition) is 4. The molecule has 5 nitrogen and oxygen atoms in total. The molecule has 2 heterocycles. The molecule has 1 aromatic carbocycles. The van der Waals surface area contributed by atoms with E-state index < -0.39 is 0 Å². The molecule has 1 fully saturated rings. The minimum absolute atomic E-state index is 0.137. The number of carbonyl (C=O) groups is 2. The first kappa shape index (κ1) is 30.2. The molecule has 0 saturated carbocycles. The maximum Gasteiger partial charge on any atom is 0.227 e. The van der Waals surface area contributed by atoms with Crippen LogP contribution in [0.15, 0.2) is 30.3 Å². The van der Waals surface area contributed by atoms with E-state index in [0.717, 1.165) is 75.7 Å². The van der Waals surface area contributed by atoms with Gasteiger partial charge < -0.3 is 9.80 Å². The monoisotopic (exact) mass is 543 g/mol. The van der Waals surface area contributed by atoms with Gasteiger partial charge in [0.15, 0.2) is 5.78 Å². The number of ketones is 1. The predicted octanol–water partition coefficient (Wildman–Crippen LogP) is 6.96. The SMILES string of the molecule is CCCCCN(C(=O)Cc1ccc(F)cc1)C1CCN([C@H](C)CCCC(=O)c2c(C)cc(Cl)nc2C)CC1. The van der Waals surface area contributed by atoms with E-state index in [9.17, 15) is 14.0 Å². The van der Waals surface area contributed by atoms with Gasteiger partial charge in [-0.25, -0.2) is 9.37 Å². The summed E-state index contributed by atoms with van der Waals surface area (Å²) in [4.78, 5) is 34.9. The van der Waals surface area contributed by atoms with Gasteiger partial charge in [-0.2, -0.15) is 0 Å². The van der Waals surface area contributed by atoms with Crippen LogP contribution in [0.2, 0.25) is 5.15 Å². The Labute approximate surface area is 232 Å². The third-order valence-corrected chi connectivity index (χ3v) is 8.02. The van der Waals surface area contributed by atoms with Gasteiger partial charge in [0.1, 0.15) is 11.0 Å². The highest BCUT2D eigenvalue weighted by Crippen LogP contribution is 2.23. The highest BCUT2D eigenvalue weighted by molar-refractivity contribution is 6.29. The maximum absolute atomic E-state index is 13.3. The van der Waals surface area contributed by atoms with E-state index in [2.05, 4.69) is 28.6 Å². The zero-order valence-electron chi connectivity index (χ0n) is 23.4. The Bertz CT molecular complexity index is 1040. The van der Waals surface area contributed by atoms with Crippen molar-refractivity contribution in [1.29, 1.82) is 0 Å². The van der Waals surface area contributed by atoms with Crippen LogP contribution < -0.4 is 0 Å². The number of halogens is 2. The summed E-state index contributed by atoms with van der Waals surface area (Å²) in [6.45, 7) is 10.9. The Morgan fingerprint density at radius 3 is 2.45 bits per heavy atom. The molecule has 1 amide bonds. The Morgan fingerprint density at radius 1 is 1.13 bits per heavy atom. The number of benzene rings is 1. The van der Waals surface area contributed by atoms with Gasteiger partial charge in [0, 0.05) is 43.7 Å². The number of piperidine rings is 1. The molecule has 2 aromatic rings. The highest BCUT2D eigenvalue weighted by Gasteiger charge is 2.29. The first-order chi connectivity index (χ1) is 18.2. The van der Waals surface area contributed by atoms with E-state index in [-0.39, 0.29) is 23.5 Å². The lowest BCUT2D eigenvalue weighted by atomic mass is 9.96. The van der Waals surface area contributed by atoms with Gasteiger partial charge >= 0.3 is 0 Å². The van der Waals surface area contributed by atoms with E-state index in [0.29, 0.717) is 35.3 Å². The molecule has 208 valence electrons. The zero-order chi connectivity index (χ0) is 27.7. The van der Waals surface area contributed by atoms with Crippen LogP contribution in [-0.4, -0.2) is 58.2 Å². The Kier molecular flexibility index (Phi) is 11.7. The van der Waals surface area contributed by atoms with Crippen molar-refractivity contribution in [3.63, 3.8) is 0 Å². The molecule has 1 aliphatic rings. The maximum atomic E-state index is 13.3. The molecule has 1 atom stereocenters. The number of aryl methyl sites for hydroxylation is 2. The van der Waals surface area contributed by atoms with Crippen LogP contribution >= 0.6 is 11.6 Å². The summed E-state index contributed by atoms with van der Waals surface area (Å²) in [6.07, 6.45) is 7.78. The van der Waals surface area contributed by atoms with Crippen LogP contribution in [0.3, 0.4) is 0 Å². The summed E-state index contributed by atoms with van der Waals surface area (Å²) in [5.74, 6) is -0.00321. The van der Waals surface area contributed by atoms with Crippen LogP contribution in [0.25, 0.3) is 0 Å². The fraction of sp³-hybridized carbons (Fsp3) is 0.581. The second-order valence-electron chi connectivity index (χ2n) is 10.8. The lowest BCUT2D eigenvalue weighted by molar-refractivity contribution is -0.134. The van der Waals surface area contributed by atoms with E-state index in [1.165, 1.54) is 12.1 Å². The molecule has 3 rings (SSSR count). The Balaban J connectivity index is 1.50. The summed E-state index contributed by atoms with van der Waals surface area (Å²) in [7, 11) is 0. The largest absolute Gasteiger partial charge is 0.339 e. The van der Waals surface area contributed by atoms with Crippen molar-refractivity contribution in [3.05, 3.63) is 63.7 Å². The molecular weight excluding hydrogens is 501 g/mol. The lowest BCUT2D eigenvalue weighted by Crippen LogP contribution is -2.50. The average Bonchev–Trinajstić information content (AvgIpc) is 2.87. The number of pyridine rings is 1. The number of likely N-dealkylation sites (tertiary alicyclic amines) is 1. The summed E-state index contributed by atoms with van der Waals surface area (Å²) in [5.41, 5.74) is 3.15. The number of rotatable bonds is 13. The highest BCUT2D eigenvalue weighted by atomic mass is 35.5. The number of aromatic nitrogens is 1. The number of Topliss-reactive ketones (excluding diaryl/α,β-unsaturated/α-hetero) is 1. The fourth-order valence-corrected chi connectivity index (χ4v) is 5.92. The van der Waals surface area contributed by atoms with Crippen LogP contribution in [0, 0.1) is 19.7 Å². The van der Waals surface area contributed by atoms with Crippen molar-refractivity contribution in [1.82, 2.24) is 14.8 Å². The molecule has 0 aliphatic carbocycles. The smallest absolute Gasteiger partial charge is 0.227 e. The van der Waals surface area contributed by atoms with Crippen LogP contribution in [0.1, 0.15) is 92.4 Å². The third kappa shape index (κ3) is 8.60. The topological polar surface area (TPSA) is 53.5 Å². The molecule has 1 aliphatic heterocycles. The minimum atomic E-state index is -0.279. The molecule has 0 radical (unpaired) electrons. The fourth-order valence-electron chi connectivity index (χ4n) is 5.63. The van der Waals surface area contributed by atoms with Gasteiger partial charge in [-0.3, -0.25) is 9.59 Å². The normalized spacial score (nSPS) is 15.4. The summed E-state index contributed by atoms with van der Waals surface area (Å²) in [6, 6.07) is 8.64. The summed E-state index contributed by atoms with van der Waals surface area (Å²) in [5, 5.41) is 0.426. The van der Waals surface area contributed by atoms with Crippen LogP contribution in [0.5, 0.6) is 0 Å². The average molecular weight is 544 g/mol. The quantitative estimate of drug-likeness (QED) is 0.156. The van der Waals surface area contributed by atoms with Crippen molar-refractivity contribution in [2.24, 2.45) is 0 Å². The Morgan fingerprint density at radius 2 is 1.82 bits per heavy atom. The third-order valence-electron chi connectivity index (χ3n) is 7.83. The number of unbranched alkanes of at least 4 members (excludes halogenated alkanes) is 2. The second kappa shape index (κ2) is 14.7. The number of hydrogen-bond donors (Lipinski definition) is 0. The molecule has 0 unspecified atom stereocenters. The molecular formula is C31H43ClFN3O2. The molecule has 0 bridgehead atoms. The molecule has 1 aromatic heterocycles. The van der Waals surface area contributed by atoms with Crippen molar-refractivity contribution < 1.29 is 14.0 Å². The van der Waals surface area contributed by atoms with Gasteiger partial charge in [0.05, 0.1) is 12.1 Å². The number of nitrogens with zero attached hydrogens (tertiary/aromatic N) is 3. The van der Waals surface area contributed by atoms with E-state index in [4.69, 9.17) is 11.6 Å². The standard InChI is InChI=1S/C31H43ClFN3O2/c1-5-6-7-17-36(30(38)21-25-11-13-26(33)14-12-25)27-15-18-35(19-16-27)23(3)9-8-10-28(37)31-22(2)20-29(32)34-24(31)4/h11-14,20,23,27H,5-10,15-19,21H2,1-4H3/t23-/m1/s1. The van der Waals surface area contributed by atoms with Gasteiger partial charge in [0.2, 0.25) is 5.91 Å². The van der Waals surface area contributed by atoms with Gasteiger partial charge in [-0.15, -0.1) is 0 Å².